The highest BCUT2D eigenvalue weighted by Gasteiger charge is 2.36. The summed E-state index contributed by atoms with van der Waals surface area (Å²) in [5.41, 5.74) is 3.80. The molecule has 0 fully saturated rings. The molecule has 116 valence electrons. The number of carbonyl (C=O) groups is 1. The van der Waals surface area contributed by atoms with Gasteiger partial charge in [-0.05, 0) is 50.8 Å². The van der Waals surface area contributed by atoms with Crippen molar-refractivity contribution in [2.75, 3.05) is 0 Å². The molecule has 5 heteroatoms. The molecule has 0 N–H and O–H groups in total. The number of carbonyl (C=O) groups excluding carboxylic acids is 1. The third-order valence-corrected chi connectivity index (χ3v) is 5.19. The van der Waals surface area contributed by atoms with Gasteiger partial charge in [0.1, 0.15) is 10.0 Å². The second-order valence-electron chi connectivity index (χ2n) is 6.57. The SMILES string of the molecule is Cc1nnc(CC(=O)N2Cc3cccc(C)c3CC2(C)C)s1. The number of benzene rings is 1. The molecule has 1 aromatic heterocycles. The van der Waals surface area contributed by atoms with Crippen LogP contribution in [0.4, 0.5) is 0 Å². The zero-order valence-corrected chi connectivity index (χ0v) is 14.3. The van der Waals surface area contributed by atoms with E-state index in [1.54, 1.807) is 0 Å². The number of hydrogen-bond donors (Lipinski definition) is 0. The Bertz CT molecular complexity index is 720. The van der Waals surface area contributed by atoms with Crippen molar-refractivity contribution in [3.63, 3.8) is 0 Å². The van der Waals surface area contributed by atoms with E-state index < -0.39 is 0 Å². The number of aromatic nitrogens is 2. The molecule has 3 rings (SSSR count). The number of aryl methyl sites for hydroxylation is 2. The van der Waals surface area contributed by atoms with Crippen LogP contribution in [0, 0.1) is 13.8 Å². The molecule has 1 amide bonds. The van der Waals surface area contributed by atoms with Crippen molar-refractivity contribution in [1.29, 1.82) is 0 Å². The lowest BCUT2D eigenvalue weighted by molar-refractivity contribution is -0.137. The third-order valence-electron chi connectivity index (χ3n) is 4.35. The Labute approximate surface area is 135 Å². The minimum Gasteiger partial charge on any atom is -0.333 e. The molecule has 0 aliphatic carbocycles. The van der Waals surface area contributed by atoms with Gasteiger partial charge in [-0.3, -0.25) is 4.79 Å². The summed E-state index contributed by atoms with van der Waals surface area (Å²) >= 11 is 1.50. The smallest absolute Gasteiger partial charge is 0.230 e. The van der Waals surface area contributed by atoms with Crippen molar-refractivity contribution < 1.29 is 4.79 Å². The van der Waals surface area contributed by atoms with Gasteiger partial charge in [-0.1, -0.05) is 18.2 Å². The molecule has 0 unspecified atom stereocenters. The molecule has 22 heavy (non-hydrogen) atoms. The molecule has 0 bridgehead atoms. The molecular weight excluding hydrogens is 294 g/mol. The molecule has 2 aromatic rings. The standard InChI is InChI=1S/C17H21N3OS/c1-11-6-5-7-13-10-20(17(3,4)9-14(11)13)16(21)8-15-19-18-12(2)22-15/h5-7H,8-10H2,1-4H3. The van der Waals surface area contributed by atoms with Gasteiger partial charge in [-0.25, -0.2) is 0 Å². The molecule has 1 aliphatic heterocycles. The van der Waals surface area contributed by atoms with Gasteiger partial charge in [-0.15, -0.1) is 21.5 Å². The van der Waals surface area contributed by atoms with Gasteiger partial charge < -0.3 is 4.90 Å². The monoisotopic (exact) mass is 315 g/mol. The number of amides is 1. The van der Waals surface area contributed by atoms with Crippen LogP contribution in [0.1, 0.15) is 40.6 Å². The van der Waals surface area contributed by atoms with Crippen LogP contribution in [0.25, 0.3) is 0 Å². The zero-order valence-electron chi connectivity index (χ0n) is 13.5. The van der Waals surface area contributed by atoms with Crippen molar-refractivity contribution in [2.24, 2.45) is 0 Å². The minimum atomic E-state index is -0.171. The predicted octanol–water partition coefficient (Wildman–Crippen LogP) is 3.06. The summed E-state index contributed by atoms with van der Waals surface area (Å²) in [6.45, 7) is 9.03. The van der Waals surface area contributed by atoms with Gasteiger partial charge in [0.25, 0.3) is 0 Å². The normalized spacial score (nSPS) is 16.5. The van der Waals surface area contributed by atoms with E-state index in [9.17, 15) is 4.79 Å². The molecule has 0 spiro atoms. The van der Waals surface area contributed by atoms with Crippen molar-refractivity contribution in [2.45, 2.75) is 52.6 Å². The van der Waals surface area contributed by atoms with Gasteiger partial charge in [0, 0.05) is 12.1 Å². The Kier molecular flexibility index (Phi) is 3.77. The van der Waals surface area contributed by atoms with E-state index in [-0.39, 0.29) is 11.4 Å². The maximum atomic E-state index is 12.8. The van der Waals surface area contributed by atoms with Crippen molar-refractivity contribution in [3.05, 3.63) is 44.9 Å². The van der Waals surface area contributed by atoms with Crippen molar-refractivity contribution >= 4 is 17.2 Å². The summed E-state index contributed by atoms with van der Waals surface area (Å²) in [7, 11) is 0. The topological polar surface area (TPSA) is 46.1 Å². The summed E-state index contributed by atoms with van der Waals surface area (Å²) in [4.78, 5) is 14.7. The van der Waals surface area contributed by atoms with Crippen molar-refractivity contribution in [3.8, 4) is 0 Å². The second-order valence-corrected chi connectivity index (χ2v) is 7.84. The maximum Gasteiger partial charge on any atom is 0.230 e. The van der Waals surface area contributed by atoms with Crippen molar-refractivity contribution in [1.82, 2.24) is 15.1 Å². The summed E-state index contributed by atoms with van der Waals surface area (Å²) in [6.07, 6.45) is 1.24. The van der Waals surface area contributed by atoms with Crippen LogP contribution in [-0.2, 0) is 24.2 Å². The lowest BCUT2D eigenvalue weighted by atomic mass is 9.83. The fraction of sp³-hybridized carbons (Fsp3) is 0.471. The number of fused-ring (bicyclic) bond motifs is 1. The first-order valence-corrected chi connectivity index (χ1v) is 8.35. The average molecular weight is 315 g/mol. The molecule has 0 saturated carbocycles. The quantitative estimate of drug-likeness (QED) is 0.855. The highest BCUT2D eigenvalue weighted by Crippen LogP contribution is 2.33. The van der Waals surface area contributed by atoms with E-state index in [0.29, 0.717) is 13.0 Å². The average Bonchev–Trinajstić information content (AvgIpc) is 2.84. The number of hydrogen-bond acceptors (Lipinski definition) is 4. The van der Waals surface area contributed by atoms with E-state index in [0.717, 1.165) is 16.4 Å². The first kappa shape index (κ1) is 15.2. The van der Waals surface area contributed by atoms with E-state index in [1.807, 2.05) is 11.8 Å². The van der Waals surface area contributed by atoms with Crippen LogP contribution in [-0.4, -0.2) is 26.5 Å². The second kappa shape index (κ2) is 5.47. The van der Waals surface area contributed by atoms with Crippen LogP contribution in [0.5, 0.6) is 0 Å². The summed E-state index contributed by atoms with van der Waals surface area (Å²) in [5.74, 6) is 0.133. The summed E-state index contributed by atoms with van der Waals surface area (Å²) in [6, 6.07) is 6.35. The fourth-order valence-electron chi connectivity index (χ4n) is 3.14. The summed E-state index contributed by atoms with van der Waals surface area (Å²) in [5, 5.41) is 9.78. The Balaban J connectivity index is 1.85. The molecule has 0 saturated heterocycles. The zero-order chi connectivity index (χ0) is 15.9. The van der Waals surface area contributed by atoms with E-state index in [4.69, 9.17) is 0 Å². The third kappa shape index (κ3) is 2.77. The molecular formula is C17H21N3OS. The van der Waals surface area contributed by atoms with Gasteiger partial charge in [-0.2, -0.15) is 0 Å². The van der Waals surface area contributed by atoms with Crippen LogP contribution in [0.3, 0.4) is 0 Å². The Morgan fingerprint density at radius 3 is 2.77 bits per heavy atom. The van der Waals surface area contributed by atoms with E-state index in [2.05, 4.69) is 49.2 Å². The Morgan fingerprint density at radius 2 is 2.09 bits per heavy atom. The first-order valence-electron chi connectivity index (χ1n) is 7.53. The lowest BCUT2D eigenvalue weighted by Crippen LogP contribution is -2.52. The first-order chi connectivity index (χ1) is 10.4. The molecule has 2 heterocycles. The molecule has 0 atom stereocenters. The van der Waals surface area contributed by atoms with Crippen LogP contribution in [0.2, 0.25) is 0 Å². The van der Waals surface area contributed by atoms with E-state index >= 15 is 0 Å². The number of rotatable bonds is 2. The van der Waals surface area contributed by atoms with Gasteiger partial charge in [0.05, 0.1) is 6.42 Å². The van der Waals surface area contributed by atoms with E-state index in [1.165, 1.54) is 28.0 Å². The predicted molar refractivity (Wildman–Crippen MR) is 87.9 cm³/mol. The molecule has 1 aliphatic rings. The molecule has 1 aromatic carbocycles. The van der Waals surface area contributed by atoms with Gasteiger partial charge >= 0.3 is 0 Å². The lowest BCUT2D eigenvalue weighted by Gasteiger charge is -2.44. The van der Waals surface area contributed by atoms with Crippen LogP contribution < -0.4 is 0 Å². The number of nitrogens with zero attached hydrogens (tertiary/aromatic N) is 3. The fourth-order valence-corrected chi connectivity index (χ4v) is 3.84. The Hall–Kier alpha value is -1.75. The highest BCUT2D eigenvalue weighted by atomic mass is 32.1. The van der Waals surface area contributed by atoms with Crippen LogP contribution in [0.15, 0.2) is 18.2 Å². The van der Waals surface area contributed by atoms with Crippen LogP contribution >= 0.6 is 11.3 Å². The van der Waals surface area contributed by atoms with Gasteiger partial charge in [0.2, 0.25) is 5.91 Å². The minimum absolute atomic E-state index is 0.133. The maximum absolute atomic E-state index is 12.8. The molecule has 4 nitrogen and oxygen atoms in total. The molecule has 0 radical (unpaired) electrons. The van der Waals surface area contributed by atoms with Gasteiger partial charge in [0.15, 0.2) is 0 Å². The highest BCUT2D eigenvalue weighted by molar-refractivity contribution is 7.11. The Morgan fingerprint density at radius 1 is 1.32 bits per heavy atom. The largest absolute Gasteiger partial charge is 0.333 e. The summed E-state index contributed by atoms with van der Waals surface area (Å²) < 4.78 is 0.